The van der Waals surface area contributed by atoms with Crippen LogP contribution in [0.4, 0.5) is 0 Å². The normalized spacial score (nSPS) is 14.1. The van der Waals surface area contributed by atoms with Crippen molar-refractivity contribution in [2.75, 3.05) is 6.54 Å². The van der Waals surface area contributed by atoms with E-state index < -0.39 is 0 Å². The van der Waals surface area contributed by atoms with Crippen LogP contribution in [0.3, 0.4) is 0 Å². The van der Waals surface area contributed by atoms with Gasteiger partial charge < -0.3 is 9.88 Å². The van der Waals surface area contributed by atoms with Crippen molar-refractivity contribution < 1.29 is 4.79 Å². The lowest BCUT2D eigenvalue weighted by Gasteiger charge is -2.30. The lowest BCUT2D eigenvalue weighted by atomic mass is 9.98. The number of aromatic nitrogens is 1. The first-order chi connectivity index (χ1) is 10.9. The van der Waals surface area contributed by atoms with Gasteiger partial charge in [-0.25, -0.2) is 0 Å². The summed E-state index contributed by atoms with van der Waals surface area (Å²) in [7, 11) is 0. The van der Waals surface area contributed by atoms with Gasteiger partial charge in [-0.05, 0) is 49.6 Å². The Balaban J connectivity index is 1.97. The third kappa shape index (κ3) is 2.89. The van der Waals surface area contributed by atoms with Crippen LogP contribution in [-0.4, -0.2) is 22.3 Å². The molecule has 1 aromatic heterocycles. The quantitative estimate of drug-likeness (QED) is 0.900. The van der Waals surface area contributed by atoms with Gasteiger partial charge in [-0.1, -0.05) is 23.2 Å². The topological polar surface area (TPSA) is 53.2 Å². The van der Waals surface area contributed by atoms with E-state index in [1.54, 1.807) is 17.0 Å². The van der Waals surface area contributed by atoms with E-state index in [9.17, 15) is 9.59 Å². The molecule has 0 aliphatic carbocycles. The number of nitrogens with zero attached hydrogens (tertiary/aromatic N) is 1. The van der Waals surface area contributed by atoms with Crippen molar-refractivity contribution in [2.24, 2.45) is 0 Å². The molecule has 2 heterocycles. The zero-order valence-electron chi connectivity index (χ0n) is 12.9. The largest absolute Gasteiger partial charge is 0.334 e. The summed E-state index contributed by atoms with van der Waals surface area (Å²) in [5, 5.41) is 0.954. The van der Waals surface area contributed by atoms with Crippen LogP contribution in [0.5, 0.6) is 0 Å². The van der Waals surface area contributed by atoms with Crippen molar-refractivity contribution >= 4 is 29.1 Å². The number of amides is 1. The minimum absolute atomic E-state index is 0.154. The van der Waals surface area contributed by atoms with Crippen molar-refractivity contribution in [1.82, 2.24) is 9.88 Å². The fourth-order valence-electron chi connectivity index (χ4n) is 3.00. The molecule has 0 saturated carbocycles. The number of rotatable bonds is 2. The Hall–Kier alpha value is -1.78. The number of aryl methyl sites for hydroxylation is 2. The van der Waals surface area contributed by atoms with E-state index in [-0.39, 0.29) is 18.0 Å². The first kappa shape index (κ1) is 16.1. The molecule has 1 aromatic carbocycles. The van der Waals surface area contributed by atoms with Gasteiger partial charge in [0.15, 0.2) is 0 Å². The van der Waals surface area contributed by atoms with E-state index in [1.165, 1.54) is 0 Å². The maximum Gasteiger partial charge on any atom is 0.256 e. The molecule has 23 heavy (non-hydrogen) atoms. The van der Waals surface area contributed by atoms with Crippen LogP contribution >= 0.6 is 23.2 Å². The van der Waals surface area contributed by atoms with Crippen LogP contribution in [0.15, 0.2) is 23.0 Å². The highest BCUT2D eigenvalue weighted by Gasteiger charge is 2.29. The fourth-order valence-corrected chi connectivity index (χ4v) is 3.51. The van der Waals surface area contributed by atoms with Crippen molar-refractivity contribution in [1.29, 1.82) is 0 Å². The summed E-state index contributed by atoms with van der Waals surface area (Å²) >= 11 is 12.4. The molecule has 0 saturated heterocycles. The number of fused-ring (bicyclic) bond motifs is 1. The Labute approximate surface area is 144 Å². The van der Waals surface area contributed by atoms with Crippen LogP contribution in [0.25, 0.3) is 0 Å². The smallest absolute Gasteiger partial charge is 0.256 e. The summed E-state index contributed by atoms with van der Waals surface area (Å²) in [5.41, 5.74) is 3.37. The third-order valence-electron chi connectivity index (χ3n) is 4.18. The van der Waals surface area contributed by atoms with E-state index >= 15 is 0 Å². The summed E-state index contributed by atoms with van der Waals surface area (Å²) in [4.78, 5) is 29.4. The van der Waals surface area contributed by atoms with Crippen molar-refractivity contribution in [3.63, 3.8) is 0 Å². The first-order valence-electron chi connectivity index (χ1n) is 7.34. The van der Waals surface area contributed by atoms with Gasteiger partial charge in [-0.2, -0.15) is 0 Å². The second-order valence-electron chi connectivity index (χ2n) is 5.80. The number of aromatic amines is 1. The number of pyridine rings is 1. The Morgan fingerprint density at radius 1 is 1.17 bits per heavy atom. The Morgan fingerprint density at radius 2 is 1.87 bits per heavy atom. The predicted octanol–water partition coefficient (Wildman–Crippen LogP) is 3.50. The standard InChI is InChI=1S/C17H16Cl2N2O2/c1-9-7-10(2)20-16(22)12(9)8-21-6-5-11-13(18)3-4-14(19)15(11)17(21)23/h3-4,7H,5-6,8H2,1-2H3,(H,20,22). The average molecular weight is 351 g/mol. The van der Waals surface area contributed by atoms with Gasteiger partial charge >= 0.3 is 0 Å². The number of hydrogen-bond donors (Lipinski definition) is 1. The molecular weight excluding hydrogens is 335 g/mol. The second-order valence-corrected chi connectivity index (χ2v) is 6.62. The molecular formula is C17H16Cl2N2O2. The second kappa shape index (κ2) is 6.02. The highest BCUT2D eigenvalue weighted by molar-refractivity contribution is 6.36. The van der Waals surface area contributed by atoms with Gasteiger partial charge in [0.25, 0.3) is 11.5 Å². The van der Waals surface area contributed by atoms with Gasteiger partial charge in [0.05, 0.1) is 17.1 Å². The summed E-state index contributed by atoms with van der Waals surface area (Å²) in [6, 6.07) is 5.25. The van der Waals surface area contributed by atoms with Gasteiger partial charge in [0.2, 0.25) is 0 Å². The van der Waals surface area contributed by atoms with Crippen LogP contribution in [0.1, 0.15) is 32.7 Å². The highest BCUT2D eigenvalue weighted by Crippen LogP contribution is 2.32. The predicted molar refractivity (Wildman–Crippen MR) is 91.4 cm³/mol. The lowest BCUT2D eigenvalue weighted by Crippen LogP contribution is -2.39. The molecule has 6 heteroatoms. The van der Waals surface area contributed by atoms with Gasteiger partial charge in [0, 0.05) is 22.8 Å². The molecule has 0 atom stereocenters. The maximum atomic E-state index is 12.8. The molecule has 0 bridgehead atoms. The van der Waals surface area contributed by atoms with Crippen LogP contribution in [-0.2, 0) is 13.0 Å². The Bertz CT molecular complexity index is 858. The molecule has 4 nitrogen and oxygen atoms in total. The summed E-state index contributed by atoms with van der Waals surface area (Å²) in [5.74, 6) is -0.182. The lowest BCUT2D eigenvalue weighted by molar-refractivity contribution is 0.0726. The number of hydrogen-bond acceptors (Lipinski definition) is 2. The molecule has 1 aliphatic rings. The zero-order chi connectivity index (χ0) is 16.7. The van der Waals surface area contributed by atoms with Gasteiger partial charge in [-0.15, -0.1) is 0 Å². The van der Waals surface area contributed by atoms with E-state index in [0.29, 0.717) is 34.1 Å². The Kier molecular flexibility index (Phi) is 4.21. The maximum absolute atomic E-state index is 12.8. The van der Waals surface area contributed by atoms with Gasteiger partial charge in [-0.3, -0.25) is 9.59 Å². The number of carbonyl (C=O) groups excluding carboxylic acids is 1. The molecule has 1 amide bonds. The number of benzene rings is 1. The molecule has 0 unspecified atom stereocenters. The summed E-state index contributed by atoms with van der Waals surface area (Å²) in [6.07, 6.45) is 0.628. The number of halogens is 2. The molecule has 0 spiro atoms. The summed E-state index contributed by atoms with van der Waals surface area (Å²) < 4.78 is 0. The number of H-pyrrole nitrogens is 1. The summed E-state index contributed by atoms with van der Waals surface area (Å²) in [6.45, 7) is 4.49. The average Bonchev–Trinajstić information content (AvgIpc) is 2.48. The van der Waals surface area contributed by atoms with E-state index in [4.69, 9.17) is 23.2 Å². The van der Waals surface area contributed by atoms with Crippen LogP contribution in [0.2, 0.25) is 10.0 Å². The van der Waals surface area contributed by atoms with Crippen LogP contribution in [0, 0.1) is 13.8 Å². The first-order valence-corrected chi connectivity index (χ1v) is 8.09. The molecule has 1 aliphatic heterocycles. The third-order valence-corrected chi connectivity index (χ3v) is 4.85. The van der Waals surface area contributed by atoms with E-state index in [0.717, 1.165) is 16.8 Å². The monoisotopic (exact) mass is 350 g/mol. The Morgan fingerprint density at radius 3 is 2.57 bits per heavy atom. The molecule has 2 aromatic rings. The van der Waals surface area contributed by atoms with Crippen molar-refractivity contribution in [3.05, 3.63) is 66.5 Å². The van der Waals surface area contributed by atoms with E-state index in [1.807, 2.05) is 19.9 Å². The molecule has 0 fully saturated rings. The van der Waals surface area contributed by atoms with Crippen molar-refractivity contribution in [2.45, 2.75) is 26.8 Å². The number of carbonyl (C=O) groups is 1. The fraction of sp³-hybridized carbons (Fsp3) is 0.294. The minimum atomic E-state index is -0.182. The van der Waals surface area contributed by atoms with Gasteiger partial charge in [0.1, 0.15) is 0 Å². The van der Waals surface area contributed by atoms with Crippen LogP contribution < -0.4 is 5.56 Å². The number of nitrogens with one attached hydrogen (secondary N) is 1. The zero-order valence-corrected chi connectivity index (χ0v) is 14.4. The molecule has 120 valence electrons. The van der Waals surface area contributed by atoms with E-state index in [2.05, 4.69) is 4.98 Å². The SMILES string of the molecule is Cc1cc(C)c(CN2CCc3c(Cl)ccc(Cl)c3C2=O)c(=O)[nH]1. The van der Waals surface area contributed by atoms with Crippen molar-refractivity contribution in [3.8, 4) is 0 Å². The minimum Gasteiger partial charge on any atom is -0.334 e. The molecule has 1 N–H and O–H groups in total. The molecule has 3 rings (SSSR count). The highest BCUT2D eigenvalue weighted by atomic mass is 35.5. The molecule has 0 radical (unpaired) electrons.